The Morgan fingerprint density at radius 2 is 2.00 bits per heavy atom. The third-order valence-electron chi connectivity index (χ3n) is 5.08. The highest BCUT2D eigenvalue weighted by molar-refractivity contribution is 7.89. The molecule has 1 aromatic heterocycles. The van der Waals surface area contributed by atoms with E-state index in [9.17, 15) is 8.42 Å². The van der Waals surface area contributed by atoms with Gasteiger partial charge in [-0.3, -0.25) is 9.89 Å². The van der Waals surface area contributed by atoms with Gasteiger partial charge in [0, 0.05) is 25.0 Å². The van der Waals surface area contributed by atoms with E-state index in [1.54, 1.807) is 36.6 Å². The third-order valence-corrected chi connectivity index (χ3v) is 7.46. The zero-order valence-electron chi connectivity index (χ0n) is 16.9. The maximum Gasteiger partial charge on any atom is 0.240 e. The number of nitrogens with one attached hydrogen (secondary N) is 3. The molecule has 1 aromatic carbocycles. The summed E-state index contributed by atoms with van der Waals surface area (Å²) in [5, 5.41) is 8.84. The standard InChI is InChI=1S/C20H29N5O2S2/c1-21-20(23-14-16-7-5-8-17(13-16)29(26,27)22-2)24-15-18(19-9-6-12-28-19)25-10-3-4-11-25/h5-9,12-13,18,22H,3-4,10-11,14-15H2,1-2H3,(H2,21,23,24). The van der Waals surface area contributed by atoms with E-state index in [0.29, 0.717) is 18.5 Å². The summed E-state index contributed by atoms with van der Waals surface area (Å²) in [5.74, 6) is 0.702. The highest BCUT2D eigenvalue weighted by atomic mass is 32.2. The number of guanidine groups is 1. The van der Waals surface area contributed by atoms with Gasteiger partial charge >= 0.3 is 0 Å². The normalized spacial score (nSPS) is 16.7. The topological polar surface area (TPSA) is 85.8 Å². The van der Waals surface area contributed by atoms with E-state index < -0.39 is 10.0 Å². The van der Waals surface area contributed by atoms with Gasteiger partial charge in [-0.05, 0) is 62.1 Å². The lowest BCUT2D eigenvalue weighted by Gasteiger charge is -2.27. The first-order valence-electron chi connectivity index (χ1n) is 9.78. The van der Waals surface area contributed by atoms with Crippen LogP contribution in [0.2, 0.25) is 0 Å². The minimum atomic E-state index is -3.45. The van der Waals surface area contributed by atoms with Gasteiger partial charge in [0.1, 0.15) is 0 Å². The summed E-state index contributed by atoms with van der Waals surface area (Å²) in [4.78, 5) is 8.46. The van der Waals surface area contributed by atoms with Gasteiger partial charge in [-0.2, -0.15) is 0 Å². The smallest absolute Gasteiger partial charge is 0.240 e. The Morgan fingerprint density at radius 3 is 2.66 bits per heavy atom. The Bertz CT molecular complexity index is 907. The fourth-order valence-electron chi connectivity index (χ4n) is 3.48. The summed E-state index contributed by atoms with van der Waals surface area (Å²) in [6.07, 6.45) is 2.50. The molecule has 29 heavy (non-hydrogen) atoms. The van der Waals surface area contributed by atoms with Crippen LogP contribution in [0.1, 0.15) is 29.3 Å². The molecule has 9 heteroatoms. The van der Waals surface area contributed by atoms with Crippen molar-refractivity contribution in [1.29, 1.82) is 0 Å². The van der Waals surface area contributed by atoms with Gasteiger partial charge < -0.3 is 10.6 Å². The summed E-state index contributed by atoms with van der Waals surface area (Å²) in [6.45, 7) is 3.51. The molecular weight excluding hydrogens is 406 g/mol. The van der Waals surface area contributed by atoms with Gasteiger partial charge in [0.15, 0.2) is 5.96 Å². The first-order valence-corrected chi connectivity index (χ1v) is 12.1. The number of nitrogens with zero attached hydrogens (tertiary/aromatic N) is 2. The molecule has 3 N–H and O–H groups in total. The molecule has 0 amide bonds. The van der Waals surface area contributed by atoms with E-state index in [1.807, 2.05) is 6.07 Å². The second kappa shape index (κ2) is 10.2. The Labute approximate surface area is 177 Å². The quantitative estimate of drug-likeness (QED) is 0.437. The molecule has 2 heterocycles. The number of likely N-dealkylation sites (tertiary alicyclic amines) is 1. The van der Waals surface area contributed by atoms with Gasteiger partial charge in [0.25, 0.3) is 0 Å². The van der Waals surface area contributed by atoms with Crippen LogP contribution in [0.25, 0.3) is 0 Å². The zero-order valence-corrected chi connectivity index (χ0v) is 18.5. The Hall–Kier alpha value is -1.94. The number of sulfonamides is 1. The van der Waals surface area contributed by atoms with Crippen LogP contribution < -0.4 is 15.4 Å². The molecule has 1 fully saturated rings. The van der Waals surface area contributed by atoms with E-state index in [2.05, 4.69) is 42.8 Å². The van der Waals surface area contributed by atoms with Crippen molar-refractivity contribution >= 4 is 27.3 Å². The average molecular weight is 436 g/mol. The molecule has 1 aliphatic heterocycles. The van der Waals surface area contributed by atoms with Crippen LogP contribution in [0.3, 0.4) is 0 Å². The van der Waals surface area contributed by atoms with Crippen LogP contribution >= 0.6 is 11.3 Å². The Morgan fingerprint density at radius 1 is 1.21 bits per heavy atom. The van der Waals surface area contributed by atoms with Crippen molar-refractivity contribution in [3.8, 4) is 0 Å². The molecule has 3 rings (SSSR count). The highest BCUT2D eigenvalue weighted by Gasteiger charge is 2.24. The summed E-state index contributed by atoms with van der Waals surface area (Å²) < 4.78 is 26.3. The van der Waals surface area contributed by atoms with Crippen molar-refractivity contribution in [1.82, 2.24) is 20.3 Å². The van der Waals surface area contributed by atoms with Crippen molar-refractivity contribution in [2.45, 2.75) is 30.3 Å². The van der Waals surface area contributed by atoms with E-state index in [-0.39, 0.29) is 4.90 Å². The number of thiophene rings is 1. The number of hydrogen-bond acceptors (Lipinski definition) is 5. The Balaban J connectivity index is 1.60. The molecule has 7 nitrogen and oxygen atoms in total. The first-order chi connectivity index (χ1) is 14.0. The van der Waals surface area contributed by atoms with Gasteiger partial charge in [-0.1, -0.05) is 18.2 Å². The van der Waals surface area contributed by atoms with Crippen LogP contribution in [0.5, 0.6) is 0 Å². The molecule has 1 unspecified atom stereocenters. The first kappa shape index (κ1) is 21.8. The zero-order chi connectivity index (χ0) is 20.7. The molecule has 0 saturated carbocycles. The number of aliphatic imine (C=N–C) groups is 1. The number of rotatable bonds is 8. The predicted octanol–water partition coefficient (Wildman–Crippen LogP) is 2.16. The summed E-state index contributed by atoms with van der Waals surface area (Å²) in [6, 6.07) is 11.5. The summed E-state index contributed by atoms with van der Waals surface area (Å²) >= 11 is 1.79. The second-order valence-corrected chi connectivity index (χ2v) is 9.80. The molecule has 2 aromatic rings. The molecule has 1 atom stereocenters. The van der Waals surface area contributed by atoms with Gasteiger partial charge in [0.05, 0.1) is 10.9 Å². The van der Waals surface area contributed by atoms with E-state index in [0.717, 1.165) is 25.2 Å². The molecule has 0 radical (unpaired) electrons. The van der Waals surface area contributed by atoms with Crippen molar-refractivity contribution < 1.29 is 8.42 Å². The second-order valence-electron chi connectivity index (χ2n) is 6.94. The maximum atomic E-state index is 12.0. The lowest BCUT2D eigenvalue weighted by molar-refractivity contribution is 0.249. The van der Waals surface area contributed by atoms with E-state index >= 15 is 0 Å². The average Bonchev–Trinajstić information content (AvgIpc) is 3.45. The third kappa shape index (κ3) is 5.79. The lowest BCUT2D eigenvalue weighted by atomic mass is 10.2. The van der Waals surface area contributed by atoms with E-state index in [4.69, 9.17) is 0 Å². The van der Waals surface area contributed by atoms with Crippen molar-refractivity contribution in [3.63, 3.8) is 0 Å². The number of hydrogen-bond donors (Lipinski definition) is 3. The van der Waals surface area contributed by atoms with Crippen LogP contribution in [-0.4, -0.2) is 53.0 Å². The van der Waals surface area contributed by atoms with Crippen LogP contribution in [-0.2, 0) is 16.6 Å². The molecule has 1 saturated heterocycles. The highest BCUT2D eigenvalue weighted by Crippen LogP contribution is 2.27. The SMILES string of the molecule is CN=C(NCc1cccc(S(=O)(=O)NC)c1)NCC(c1cccs1)N1CCCC1. The van der Waals surface area contributed by atoms with Crippen LogP contribution in [0.4, 0.5) is 0 Å². The van der Waals surface area contributed by atoms with Gasteiger partial charge in [-0.25, -0.2) is 13.1 Å². The molecule has 1 aliphatic rings. The fourth-order valence-corrected chi connectivity index (χ4v) is 5.14. The predicted molar refractivity (Wildman–Crippen MR) is 119 cm³/mol. The lowest BCUT2D eigenvalue weighted by Crippen LogP contribution is -2.42. The molecular formula is C20H29N5O2S2. The number of benzene rings is 1. The maximum absolute atomic E-state index is 12.0. The van der Waals surface area contributed by atoms with Crippen LogP contribution in [0.15, 0.2) is 51.7 Å². The molecule has 158 valence electrons. The van der Waals surface area contributed by atoms with Gasteiger partial charge in [0.2, 0.25) is 10.0 Å². The van der Waals surface area contributed by atoms with Crippen molar-refractivity contribution in [2.24, 2.45) is 4.99 Å². The fraction of sp³-hybridized carbons (Fsp3) is 0.450. The molecule has 0 spiro atoms. The van der Waals surface area contributed by atoms with Crippen molar-refractivity contribution in [3.05, 3.63) is 52.2 Å². The van der Waals surface area contributed by atoms with Gasteiger partial charge in [-0.15, -0.1) is 11.3 Å². The summed E-state index contributed by atoms with van der Waals surface area (Å²) in [5.41, 5.74) is 0.874. The Kier molecular flexibility index (Phi) is 7.65. The monoisotopic (exact) mass is 435 g/mol. The minimum absolute atomic E-state index is 0.258. The minimum Gasteiger partial charge on any atom is -0.354 e. The summed E-state index contributed by atoms with van der Waals surface area (Å²) in [7, 11) is -0.293. The molecule has 0 bridgehead atoms. The van der Waals surface area contributed by atoms with E-state index in [1.165, 1.54) is 24.8 Å². The molecule has 0 aliphatic carbocycles. The van der Waals surface area contributed by atoms with Crippen molar-refractivity contribution in [2.75, 3.05) is 33.7 Å². The van der Waals surface area contributed by atoms with Crippen LogP contribution in [0, 0.1) is 0 Å². The largest absolute Gasteiger partial charge is 0.354 e.